The van der Waals surface area contributed by atoms with Gasteiger partial charge >= 0.3 is 5.97 Å². The molecule has 2 rings (SSSR count). The second kappa shape index (κ2) is 7.36. The van der Waals surface area contributed by atoms with E-state index >= 15 is 0 Å². The molecule has 0 saturated heterocycles. The molecule has 0 unspecified atom stereocenters. The van der Waals surface area contributed by atoms with Gasteiger partial charge in [-0.05, 0) is 38.5 Å². The minimum Gasteiger partial charge on any atom is -0.462 e. The van der Waals surface area contributed by atoms with Gasteiger partial charge in [0.05, 0.1) is 12.2 Å². The molecule has 0 bridgehead atoms. The van der Waals surface area contributed by atoms with Crippen molar-refractivity contribution in [3.8, 4) is 0 Å². The Morgan fingerprint density at radius 2 is 1.85 bits per heavy atom. The Morgan fingerprint density at radius 3 is 2.40 bits per heavy atom. The topological polar surface area (TPSA) is 52.1 Å². The molecule has 4 heteroatoms. The zero-order valence-corrected chi connectivity index (χ0v) is 12.5. The summed E-state index contributed by atoms with van der Waals surface area (Å²) in [6.45, 7) is 4.42. The predicted octanol–water partition coefficient (Wildman–Crippen LogP) is 3.73. The molecule has 1 aromatic heterocycles. The van der Waals surface area contributed by atoms with E-state index in [9.17, 15) is 4.79 Å². The molecule has 1 saturated carbocycles. The third-order valence-electron chi connectivity index (χ3n) is 4.09. The van der Waals surface area contributed by atoms with Gasteiger partial charge in [0, 0.05) is 18.3 Å². The number of rotatable bonds is 5. The van der Waals surface area contributed by atoms with Crippen LogP contribution in [0.3, 0.4) is 0 Å². The largest absolute Gasteiger partial charge is 0.462 e. The molecular formula is C16H24N2O2. The third kappa shape index (κ3) is 3.78. The Hall–Kier alpha value is -1.45. The molecule has 1 aliphatic rings. The van der Waals surface area contributed by atoms with Crippen LogP contribution in [0.25, 0.3) is 0 Å². The molecule has 1 aromatic rings. The first-order valence-electron chi connectivity index (χ1n) is 7.73. The zero-order chi connectivity index (χ0) is 14.4. The third-order valence-corrected chi connectivity index (χ3v) is 4.09. The van der Waals surface area contributed by atoms with Crippen LogP contribution in [0.4, 0.5) is 0 Å². The number of nitrogens with zero attached hydrogens (tertiary/aromatic N) is 2. The average Bonchev–Trinajstić information content (AvgIpc) is 2.49. The van der Waals surface area contributed by atoms with Gasteiger partial charge in [-0.25, -0.2) is 14.8 Å². The van der Waals surface area contributed by atoms with Crippen LogP contribution >= 0.6 is 0 Å². The summed E-state index contributed by atoms with van der Waals surface area (Å²) in [5.74, 6) is 1.88. The molecule has 1 heterocycles. The van der Waals surface area contributed by atoms with Gasteiger partial charge in [-0.15, -0.1) is 0 Å². The Labute approximate surface area is 121 Å². The molecule has 0 aromatic carbocycles. The van der Waals surface area contributed by atoms with E-state index in [2.05, 4.69) is 16.9 Å². The quantitative estimate of drug-likeness (QED) is 0.769. The fraction of sp³-hybridized carbons (Fsp3) is 0.688. The van der Waals surface area contributed by atoms with Gasteiger partial charge < -0.3 is 4.74 Å². The van der Waals surface area contributed by atoms with Crippen molar-refractivity contribution in [3.63, 3.8) is 0 Å². The Morgan fingerprint density at radius 1 is 1.20 bits per heavy atom. The maximum Gasteiger partial charge on any atom is 0.341 e. The summed E-state index contributed by atoms with van der Waals surface area (Å²) < 4.78 is 4.94. The highest BCUT2D eigenvalue weighted by Crippen LogP contribution is 2.35. The smallest absolute Gasteiger partial charge is 0.341 e. The van der Waals surface area contributed by atoms with Crippen LogP contribution in [-0.4, -0.2) is 22.5 Å². The van der Waals surface area contributed by atoms with Gasteiger partial charge in [0.25, 0.3) is 0 Å². The highest BCUT2D eigenvalue weighted by Gasteiger charge is 2.23. The molecule has 0 atom stereocenters. The second-order valence-electron chi connectivity index (χ2n) is 5.56. The van der Waals surface area contributed by atoms with Crippen LogP contribution in [0, 0.1) is 5.92 Å². The van der Waals surface area contributed by atoms with E-state index in [1.54, 1.807) is 19.3 Å². The van der Waals surface area contributed by atoms with Crippen LogP contribution < -0.4 is 0 Å². The summed E-state index contributed by atoms with van der Waals surface area (Å²) >= 11 is 0. The van der Waals surface area contributed by atoms with Gasteiger partial charge in [-0.3, -0.25) is 0 Å². The molecule has 0 spiro atoms. The molecule has 1 aliphatic carbocycles. The number of aromatic nitrogens is 2. The summed E-state index contributed by atoms with van der Waals surface area (Å²) in [4.78, 5) is 20.3. The van der Waals surface area contributed by atoms with Crippen molar-refractivity contribution >= 4 is 5.97 Å². The van der Waals surface area contributed by atoms with Gasteiger partial charge in [0.2, 0.25) is 0 Å². The van der Waals surface area contributed by atoms with Gasteiger partial charge in [0.1, 0.15) is 5.82 Å². The van der Waals surface area contributed by atoms with Crippen molar-refractivity contribution in [2.75, 3.05) is 6.61 Å². The molecular weight excluding hydrogens is 252 g/mol. The average molecular weight is 276 g/mol. The number of ether oxygens (including phenoxy) is 1. The van der Waals surface area contributed by atoms with Crippen LogP contribution in [0.2, 0.25) is 0 Å². The lowest BCUT2D eigenvalue weighted by atomic mass is 9.80. The highest BCUT2D eigenvalue weighted by atomic mass is 16.5. The molecule has 4 nitrogen and oxygen atoms in total. The van der Waals surface area contributed by atoms with Crippen molar-refractivity contribution < 1.29 is 9.53 Å². The van der Waals surface area contributed by atoms with Gasteiger partial charge in [0.15, 0.2) is 0 Å². The molecule has 110 valence electrons. The van der Waals surface area contributed by atoms with Crippen molar-refractivity contribution in [2.45, 2.75) is 58.3 Å². The van der Waals surface area contributed by atoms with Crippen molar-refractivity contribution in [2.24, 2.45) is 5.92 Å². The maximum atomic E-state index is 11.5. The van der Waals surface area contributed by atoms with E-state index in [1.807, 2.05) is 0 Å². The van der Waals surface area contributed by atoms with E-state index in [0.29, 0.717) is 18.1 Å². The van der Waals surface area contributed by atoms with E-state index in [1.165, 1.54) is 38.5 Å². The van der Waals surface area contributed by atoms with E-state index in [0.717, 1.165) is 11.7 Å². The minimum absolute atomic E-state index is 0.342. The first-order chi connectivity index (χ1) is 9.74. The van der Waals surface area contributed by atoms with Crippen LogP contribution in [0.1, 0.15) is 74.5 Å². The van der Waals surface area contributed by atoms with Crippen LogP contribution in [0.15, 0.2) is 12.4 Å². The highest BCUT2D eigenvalue weighted by molar-refractivity contribution is 5.88. The summed E-state index contributed by atoms with van der Waals surface area (Å²) in [5, 5.41) is 0. The Bertz CT molecular complexity index is 423. The molecule has 1 fully saturated rings. The SMILES string of the molecule is CCC[C@H]1CC[C@H](c2ncc(C(=O)OCC)cn2)CC1. The first-order valence-corrected chi connectivity index (χ1v) is 7.73. The second-order valence-corrected chi connectivity index (χ2v) is 5.56. The lowest BCUT2D eigenvalue weighted by Gasteiger charge is -2.27. The first kappa shape index (κ1) is 14.9. The van der Waals surface area contributed by atoms with E-state index in [4.69, 9.17) is 4.74 Å². The van der Waals surface area contributed by atoms with E-state index < -0.39 is 0 Å². The van der Waals surface area contributed by atoms with Crippen LogP contribution in [-0.2, 0) is 4.74 Å². The summed E-state index contributed by atoms with van der Waals surface area (Å²) in [6, 6.07) is 0. The standard InChI is InChI=1S/C16H24N2O2/c1-3-5-12-6-8-13(9-7-12)15-17-10-14(11-18-15)16(19)20-4-2/h10-13H,3-9H2,1-2H3/t12-,13-. The van der Waals surface area contributed by atoms with Crippen molar-refractivity contribution in [1.29, 1.82) is 0 Å². The van der Waals surface area contributed by atoms with E-state index in [-0.39, 0.29) is 5.97 Å². The number of hydrogen-bond acceptors (Lipinski definition) is 4. The predicted molar refractivity (Wildman–Crippen MR) is 77.6 cm³/mol. The van der Waals surface area contributed by atoms with Gasteiger partial charge in [-0.1, -0.05) is 19.8 Å². The number of esters is 1. The monoisotopic (exact) mass is 276 g/mol. The normalized spacial score (nSPS) is 22.5. The van der Waals surface area contributed by atoms with Crippen molar-refractivity contribution in [3.05, 3.63) is 23.8 Å². The molecule has 0 amide bonds. The number of carbonyl (C=O) groups is 1. The molecule has 20 heavy (non-hydrogen) atoms. The number of hydrogen-bond donors (Lipinski definition) is 0. The van der Waals surface area contributed by atoms with Gasteiger partial charge in [-0.2, -0.15) is 0 Å². The van der Waals surface area contributed by atoms with Crippen LogP contribution in [0.5, 0.6) is 0 Å². The molecule has 0 aliphatic heterocycles. The zero-order valence-electron chi connectivity index (χ0n) is 12.5. The lowest BCUT2D eigenvalue weighted by molar-refractivity contribution is 0.0525. The Kier molecular flexibility index (Phi) is 5.50. The number of carbonyl (C=O) groups excluding carboxylic acids is 1. The summed E-state index contributed by atoms with van der Waals surface area (Å²) in [7, 11) is 0. The van der Waals surface area contributed by atoms with Crippen molar-refractivity contribution in [1.82, 2.24) is 9.97 Å². The lowest BCUT2D eigenvalue weighted by Crippen LogP contribution is -2.16. The maximum absolute atomic E-state index is 11.5. The Balaban J connectivity index is 1.92. The minimum atomic E-state index is -0.342. The summed E-state index contributed by atoms with van der Waals surface area (Å²) in [5.41, 5.74) is 0.440. The fourth-order valence-corrected chi connectivity index (χ4v) is 2.99. The summed E-state index contributed by atoms with van der Waals surface area (Å²) in [6.07, 6.45) is 10.7. The molecule has 0 radical (unpaired) electrons. The fourth-order valence-electron chi connectivity index (χ4n) is 2.99. The molecule has 0 N–H and O–H groups in total.